The Labute approximate surface area is 211 Å². The molecule has 0 spiro atoms. The number of amides is 1. The van der Waals surface area contributed by atoms with Gasteiger partial charge >= 0.3 is 5.97 Å². The zero-order chi connectivity index (χ0) is 25.0. The molecule has 0 radical (unpaired) electrons. The molecule has 2 aromatic rings. The molecular weight excluding hydrogens is 460 g/mol. The number of nitrogens with zero attached hydrogens (tertiary/aromatic N) is 2. The molecule has 1 fully saturated rings. The van der Waals surface area contributed by atoms with Crippen LogP contribution >= 0.6 is 11.8 Å². The summed E-state index contributed by atoms with van der Waals surface area (Å²) >= 11 is 1.25. The van der Waals surface area contributed by atoms with E-state index in [1.807, 2.05) is 59.5 Å². The summed E-state index contributed by atoms with van der Waals surface area (Å²) in [5.41, 5.74) is 0.827. The molecule has 1 N–H and O–H groups in total. The van der Waals surface area contributed by atoms with Crippen molar-refractivity contribution < 1.29 is 19.4 Å². The second-order valence-electron chi connectivity index (χ2n) is 9.68. The van der Waals surface area contributed by atoms with Crippen LogP contribution in [0.3, 0.4) is 0 Å². The Morgan fingerprint density at radius 2 is 1.71 bits per heavy atom. The van der Waals surface area contributed by atoms with Gasteiger partial charge in [0, 0.05) is 43.9 Å². The highest BCUT2D eigenvalue weighted by molar-refractivity contribution is 8.04. The number of aliphatic hydroxyl groups is 1. The summed E-state index contributed by atoms with van der Waals surface area (Å²) in [5.74, 6) is -0.196. The Morgan fingerprint density at radius 1 is 1.06 bits per heavy atom. The lowest BCUT2D eigenvalue weighted by molar-refractivity contribution is -0.161. The summed E-state index contributed by atoms with van der Waals surface area (Å²) in [7, 11) is 2.05. The monoisotopic (exact) mass is 494 g/mol. The maximum Gasteiger partial charge on any atom is 0.349 e. The van der Waals surface area contributed by atoms with Gasteiger partial charge in [0.1, 0.15) is 16.3 Å². The highest BCUT2D eigenvalue weighted by Gasteiger charge is 2.44. The van der Waals surface area contributed by atoms with Crippen LogP contribution in [0.2, 0.25) is 0 Å². The van der Waals surface area contributed by atoms with Gasteiger partial charge < -0.3 is 19.6 Å². The number of ether oxygens (including phenoxy) is 1. The number of aliphatic hydroxyl groups excluding tert-OH is 1. The van der Waals surface area contributed by atoms with Gasteiger partial charge in [-0.25, -0.2) is 4.79 Å². The van der Waals surface area contributed by atoms with Crippen LogP contribution in [0.4, 0.5) is 0 Å². The van der Waals surface area contributed by atoms with Gasteiger partial charge in [-0.2, -0.15) is 0 Å². The number of cyclic esters (lactones) is 1. The summed E-state index contributed by atoms with van der Waals surface area (Å²) in [5, 5.41) is 11.1. The zero-order valence-corrected chi connectivity index (χ0v) is 21.5. The molecule has 1 amide bonds. The average Bonchev–Trinajstić information content (AvgIpc) is 2.86. The topological polar surface area (TPSA) is 70.1 Å². The number of hydrogen-bond donors (Lipinski definition) is 1. The van der Waals surface area contributed by atoms with Crippen molar-refractivity contribution in [2.75, 3.05) is 33.2 Å². The molecule has 4 rings (SSSR count). The van der Waals surface area contributed by atoms with Crippen molar-refractivity contribution >= 4 is 23.6 Å². The molecule has 186 valence electrons. The molecule has 2 aromatic carbocycles. The van der Waals surface area contributed by atoms with Crippen molar-refractivity contribution in [1.82, 2.24) is 9.80 Å². The molecule has 7 heteroatoms. The van der Waals surface area contributed by atoms with Crippen LogP contribution in [0.15, 0.2) is 70.2 Å². The third-order valence-electron chi connectivity index (χ3n) is 6.84. The fourth-order valence-corrected chi connectivity index (χ4v) is 5.80. The van der Waals surface area contributed by atoms with Gasteiger partial charge in [-0.05, 0) is 30.2 Å². The van der Waals surface area contributed by atoms with Gasteiger partial charge in [0.15, 0.2) is 0 Å². The van der Waals surface area contributed by atoms with E-state index >= 15 is 0 Å². The van der Waals surface area contributed by atoms with Crippen LogP contribution in [0.25, 0.3) is 0 Å². The van der Waals surface area contributed by atoms with E-state index in [9.17, 15) is 14.7 Å². The number of likely N-dealkylation sites (N-methyl/N-ethyl adjacent to an activating group) is 1. The molecule has 0 aliphatic carbocycles. The fourth-order valence-electron chi connectivity index (χ4n) is 4.70. The smallest absolute Gasteiger partial charge is 0.349 e. The van der Waals surface area contributed by atoms with Crippen molar-refractivity contribution in [3.8, 4) is 0 Å². The molecule has 6 nitrogen and oxygen atoms in total. The summed E-state index contributed by atoms with van der Waals surface area (Å²) in [6.07, 6.45) is 0.710. The minimum Gasteiger partial charge on any atom is -0.511 e. The normalized spacial score (nSPS) is 21.4. The van der Waals surface area contributed by atoms with E-state index in [-0.39, 0.29) is 35.3 Å². The number of carbonyl (C=O) groups excluding carboxylic acids is 2. The predicted octanol–water partition coefficient (Wildman–Crippen LogP) is 5.07. The SMILES string of the molecule is CC(C)c1ccccc1SC1=C(O)CC(CCC(=O)N2CCN(C)CC2)(c2ccccc2)OC1=O. The molecule has 0 bridgehead atoms. The molecule has 1 saturated heterocycles. The van der Waals surface area contributed by atoms with Crippen LogP contribution < -0.4 is 0 Å². The number of thioether (sulfide) groups is 1. The number of hydrogen-bond acceptors (Lipinski definition) is 6. The highest BCUT2D eigenvalue weighted by atomic mass is 32.2. The zero-order valence-electron chi connectivity index (χ0n) is 20.7. The van der Waals surface area contributed by atoms with Crippen LogP contribution in [0.5, 0.6) is 0 Å². The molecule has 2 heterocycles. The van der Waals surface area contributed by atoms with E-state index in [1.165, 1.54) is 11.8 Å². The predicted molar refractivity (Wildman–Crippen MR) is 138 cm³/mol. The first kappa shape index (κ1) is 25.3. The lowest BCUT2D eigenvalue weighted by Gasteiger charge is -2.38. The van der Waals surface area contributed by atoms with E-state index in [0.717, 1.165) is 29.1 Å². The maximum absolute atomic E-state index is 13.3. The molecule has 1 atom stereocenters. The van der Waals surface area contributed by atoms with Gasteiger partial charge in [-0.3, -0.25) is 4.79 Å². The quantitative estimate of drug-likeness (QED) is 0.542. The number of carbonyl (C=O) groups is 2. The van der Waals surface area contributed by atoms with E-state index in [0.29, 0.717) is 19.5 Å². The average molecular weight is 495 g/mol. The van der Waals surface area contributed by atoms with E-state index < -0.39 is 11.6 Å². The molecular formula is C28H34N2O4S. The maximum atomic E-state index is 13.3. The number of piperazine rings is 1. The van der Waals surface area contributed by atoms with Crippen molar-refractivity contribution in [2.24, 2.45) is 0 Å². The second kappa shape index (κ2) is 10.9. The molecule has 2 aliphatic heterocycles. The van der Waals surface area contributed by atoms with Crippen LogP contribution in [-0.2, 0) is 19.9 Å². The van der Waals surface area contributed by atoms with Crippen LogP contribution in [0, 0.1) is 0 Å². The van der Waals surface area contributed by atoms with Gasteiger partial charge in [-0.1, -0.05) is 74.1 Å². The summed E-state index contributed by atoms with van der Waals surface area (Å²) in [4.78, 5) is 31.5. The first-order chi connectivity index (χ1) is 16.8. The van der Waals surface area contributed by atoms with Crippen LogP contribution in [-0.4, -0.2) is 60.0 Å². The third-order valence-corrected chi connectivity index (χ3v) is 8.04. The summed E-state index contributed by atoms with van der Waals surface area (Å²) in [6, 6.07) is 17.4. The van der Waals surface area contributed by atoms with E-state index in [4.69, 9.17) is 4.74 Å². The lowest BCUT2D eigenvalue weighted by atomic mass is 9.83. The minimum absolute atomic E-state index is 0.0145. The first-order valence-electron chi connectivity index (χ1n) is 12.2. The highest BCUT2D eigenvalue weighted by Crippen LogP contribution is 2.46. The summed E-state index contributed by atoms with van der Waals surface area (Å²) < 4.78 is 6.11. The largest absolute Gasteiger partial charge is 0.511 e. The number of rotatable bonds is 7. The Balaban J connectivity index is 1.58. The van der Waals surface area contributed by atoms with E-state index in [2.05, 4.69) is 25.8 Å². The van der Waals surface area contributed by atoms with Crippen molar-refractivity contribution in [1.29, 1.82) is 0 Å². The Kier molecular flexibility index (Phi) is 7.87. The summed E-state index contributed by atoms with van der Waals surface area (Å²) in [6.45, 7) is 7.32. The van der Waals surface area contributed by atoms with Gasteiger partial charge in [-0.15, -0.1) is 0 Å². The molecule has 1 unspecified atom stereocenters. The van der Waals surface area contributed by atoms with E-state index in [1.54, 1.807) is 0 Å². The standard InChI is InChI=1S/C28H34N2O4S/c1-20(2)22-11-7-8-12-24(22)35-26-23(31)19-28(34-27(26)33,21-9-5-4-6-10-21)14-13-25(32)30-17-15-29(3)16-18-30/h4-12,20,31H,13-19H2,1-3H3. The minimum atomic E-state index is -1.08. The van der Waals surface area contributed by atoms with Crippen LogP contribution in [0.1, 0.15) is 50.2 Å². The van der Waals surface area contributed by atoms with Gasteiger partial charge in [0.2, 0.25) is 5.91 Å². The van der Waals surface area contributed by atoms with Gasteiger partial charge in [0.25, 0.3) is 0 Å². The van der Waals surface area contributed by atoms with Crippen molar-refractivity contribution in [2.45, 2.75) is 49.5 Å². The van der Waals surface area contributed by atoms with Crippen molar-refractivity contribution in [3.05, 3.63) is 76.4 Å². The molecule has 0 aromatic heterocycles. The number of esters is 1. The Hall–Kier alpha value is -2.77. The number of benzene rings is 2. The Morgan fingerprint density at radius 3 is 2.37 bits per heavy atom. The van der Waals surface area contributed by atoms with Crippen molar-refractivity contribution in [3.63, 3.8) is 0 Å². The fraction of sp³-hybridized carbons (Fsp3) is 0.429. The Bertz CT molecular complexity index is 1090. The van der Waals surface area contributed by atoms with Gasteiger partial charge in [0.05, 0.1) is 6.42 Å². The second-order valence-corrected chi connectivity index (χ2v) is 10.7. The first-order valence-corrected chi connectivity index (χ1v) is 13.0. The lowest BCUT2D eigenvalue weighted by Crippen LogP contribution is -2.47. The molecule has 35 heavy (non-hydrogen) atoms. The third kappa shape index (κ3) is 5.73. The molecule has 0 saturated carbocycles. The molecule has 2 aliphatic rings.